The molecule has 0 bridgehead atoms. The van der Waals surface area contributed by atoms with Crippen molar-refractivity contribution >= 4 is 23.2 Å². The summed E-state index contributed by atoms with van der Waals surface area (Å²) < 4.78 is 19.4. The van der Waals surface area contributed by atoms with Crippen molar-refractivity contribution < 1.29 is 18.8 Å². The number of rotatable bonds is 4. The summed E-state index contributed by atoms with van der Waals surface area (Å²) in [7, 11) is 0. The second-order valence-corrected chi connectivity index (χ2v) is 5.95. The topological polar surface area (TPSA) is 94.4 Å². The monoisotopic (exact) mass is 333 g/mol. The lowest BCUT2D eigenvalue weighted by molar-refractivity contribution is -0.384. The molecule has 8 heteroatoms. The number of pyridine rings is 1. The van der Waals surface area contributed by atoms with Crippen molar-refractivity contribution in [3.8, 4) is 0 Å². The normalized spacial score (nSPS) is 11.0. The Morgan fingerprint density at radius 3 is 2.62 bits per heavy atom. The van der Waals surface area contributed by atoms with Crippen molar-refractivity contribution in [1.29, 1.82) is 0 Å². The molecule has 0 amide bonds. The van der Waals surface area contributed by atoms with Gasteiger partial charge in [-0.25, -0.2) is 14.2 Å². The maximum atomic E-state index is 14.2. The van der Waals surface area contributed by atoms with Crippen molar-refractivity contribution in [3.05, 3.63) is 58.0 Å². The Bertz CT molecular complexity index is 787. The van der Waals surface area contributed by atoms with Crippen LogP contribution in [0.5, 0.6) is 0 Å². The van der Waals surface area contributed by atoms with Gasteiger partial charge >= 0.3 is 11.7 Å². The smallest absolute Gasteiger partial charge is 0.338 e. The van der Waals surface area contributed by atoms with Gasteiger partial charge in [-0.15, -0.1) is 0 Å². The number of anilines is 2. The van der Waals surface area contributed by atoms with Gasteiger partial charge in [0.25, 0.3) is 0 Å². The molecule has 0 radical (unpaired) electrons. The molecular formula is C16H16FN3O4. The van der Waals surface area contributed by atoms with Crippen LogP contribution < -0.4 is 5.32 Å². The Morgan fingerprint density at radius 2 is 2.04 bits per heavy atom. The molecule has 7 nitrogen and oxygen atoms in total. The molecule has 1 N–H and O–H groups in total. The first kappa shape index (κ1) is 17.3. The molecule has 2 aromatic rings. The number of hydrogen-bond acceptors (Lipinski definition) is 6. The average molecular weight is 333 g/mol. The van der Waals surface area contributed by atoms with Crippen LogP contribution >= 0.6 is 0 Å². The molecule has 0 aliphatic heterocycles. The summed E-state index contributed by atoms with van der Waals surface area (Å²) in [5.74, 6) is -1.50. The molecule has 0 saturated carbocycles. The standard InChI is InChI=1S/C16H16FN3O4/c1-16(2,3)24-15(21)10-6-7-12(11(17)9-10)19-14-13(20(22)23)5-4-8-18-14/h4-9H,1-3H3,(H,18,19). The molecule has 126 valence electrons. The van der Waals surface area contributed by atoms with Gasteiger partial charge in [0.2, 0.25) is 5.82 Å². The minimum absolute atomic E-state index is 0.0379. The van der Waals surface area contributed by atoms with Crippen molar-refractivity contribution in [2.45, 2.75) is 26.4 Å². The Hall–Kier alpha value is -3.03. The highest BCUT2D eigenvalue weighted by Gasteiger charge is 2.20. The van der Waals surface area contributed by atoms with E-state index in [0.29, 0.717) is 0 Å². The van der Waals surface area contributed by atoms with Crippen LogP contribution in [0.3, 0.4) is 0 Å². The van der Waals surface area contributed by atoms with Gasteiger partial charge in [0, 0.05) is 12.3 Å². The number of carbonyl (C=O) groups excluding carboxylic acids is 1. The third-order valence-corrected chi connectivity index (χ3v) is 2.84. The largest absolute Gasteiger partial charge is 0.456 e. The highest BCUT2D eigenvalue weighted by Crippen LogP contribution is 2.27. The maximum absolute atomic E-state index is 14.2. The first-order chi connectivity index (χ1) is 11.2. The summed E-state index contributed by atoms with van der Waals surface area (Å²) in [6.07, 6.45) is 1.35. The number of nitro groups is 1. The van der Waals surface area contributed by atoms with Crippen LogP contribution in [0.1, 0.15) is 31.1 Å². The zero-order valence-corrected chi connectivity index (χ0v) is 13.4. The van der Waals surface area contributed by atoms with E-state index in [-0.39, 0.29) is 22.8 Å². The van der Waals surface area contributed by atoms with Crippen LogP contribution in [0.15, 0.2) is 36.5 Å². The second-order valence-electron chi connectivity index (χ2n) is 5.95. The van der Waals surface area contributed by atoms with E-state index in [1.807, 2.05) is 0 Å². The number of halogens is 1. The van der Waals surface area contributed by atoms with Crippen LogP contribution in [-0.4, -0.2) is 21.5 Å². The summed E-state index contributed by atoms with van der Waals surface area (Å²) in [4.78, 5) is 26.1. The minimum atomic E-state index is -0.752. The number of ether oxygens (including phenoxy) is 1. The van der Waals surface area contributed by atoms with E-state index in [2.05, 4.69) is 10.3 Å². The summed E-state index contributed by atoms with van der Waals surface area (Å²) >= 11 is 0. The van der Waals surface area contributed by atoms with Gasteiger partial charge in [0.1, 0.15) is 11.4 Å². The number of nitrogens with zero attached hydrogens (tertiary/aromatic N) is 2. The molecule has 0 fully saturated rings. The van der Waals surface area contributed by atoms with E-state index in [9.17, 15) is 19.3 Å². The lowest BCUT2D eigenvalue weighted by atomic mass is 10.1. The molecule has 24 heavy (non-hydrogen) atoms. The molecule has 0 spiro atoms. The van der Waals surface area contributed by atoms with Crippen molar-refractivity contribution in [2.75, 3.05) is 5.32 Å². The molecule has 1 heterocycles. The van der Waals surface area contributed by atoms with E-state index >= 15 is 0 Å². The van der Waals surface area contributed by atoms with E-state index < -0.39 is 22.3 Å². The van der Waals surface area contributed by atoms with Gasteiger partial charge in [-0.05, 0) is 45.0 Å². The fourth-order valence-corrected chi connectivity index (χ4v) is 1.85. The zero-order valence-electron chi connectivity index (χ0n) is 13.4. The number of carbonyl (C=O) groups is 1. The molecule has 1 aromatic heterocycles. The van der Waals surface area contributed by atoms with Crippen LogP contribution in [0.4, 0.5) is 21.6 Å². The molecule has 0 saturated heterocycles. The second kappa shape index (κ2) is 6.61. The summed E-state index contributed by atoms with van der Waals surface area (Å²) in [5.41, 5.74) is -0.972. The predicted octanol–water partition coefficient (Wildman–Crippen LogP) is 3.83. The molecule has 0 aliphatic rings. The van der Waals surface area contributed by atoms with Crippen molar-refractivity contribution in [3.63, 3.8) is 0 Å². The van der Waals surface area contributed by atoms with Crippen LogP contribution in [0, 0.1) is 15.9 Å². The van der Waals surface area contributed by atoms with E-state index in [1.165, 1.54) is 30.5 Å². The highest BCUT2D eigenvalue weighted by atomic mass is 19.1. The minimum Gasteiger partial charge on any atom is -0.456 e. The first-order valence-electron chi connectivity index (χ1n) is 7.07. The molecule has 0 unspecified atom stereocenters. The Balaban J connectivity index is 2.25. The van der Waals surface area contributed by atoms with Crippen LogP contribution in [-0.2, 0) is 4.74 Å². The van der Waals surface area contributed by atoms with Crippen LogP contribution in [0.2, 0.25) is 0 Å². The first-order valence-corrected chi connectivity index (χ1v) is 7.07. The molecule has 1 aromatic carbocycles. The predicted molar refractivity (Wildman–Crippen MR) is 85.7 cm³/mol. The number of benzene rings is 1. The van der Waals surface area contributed by atoms with Gasteiger partial charge < -0.3 is 10.1 Å². The summed E-state index contributed by atoms with van der Waals surface area (Å²) in [6.45, 7) is 5.12. The maximum Gasteiger partial charge on any atom is 0.338 e. The lowest BCUT2D eigenvalue weighted by Crippen LogP contribution is -2.24. The Morgan fingerprint density at radius 1 is 1.33 bits per heavy atom. The van der Waals surface area contributed by atoms with E-state index in [1.54, 1.807) is 20.8 Å². The van der Waals surface area contributed by atoms with Crippen molar-refractivity contribution in [1.82, 2.24) is 4.98 Å². The average Bonchev–Trinajstić information content (AvgIpc) is 2.47. The zero-order chi connectivity index (χ0) is 17.9. The third kappa shape index (κ3) is 4.25. The van der Waals surface area contributed by atoms with E-state index in [0.717, 1.165) is 6.07 Å². The van der Waals surface area contributed by atoms with Gasteiger partial charge in [-0.3, -0.25) is 10.1 Å². The van der Waals surface area contributed by atoms with Gasteiger partial charge in [0.15, 0.2) is 0 Å². The molecule has 0 atom stereocenters. The fraction of sp³-hybridized carbons (Fsp3) is 0.250. The Labute approximate surface area is 137 Å². The molecule has 0 aliphatic carbocycles. The molecule has 2 rings (SSSR count). The molecular weight excluding hydrogens is 317 g/mol. The number of esters is 1. The van der Waals surface area contributed by atoms with Crippen molar-refractivity contribution in [2.24, 2.45) is 0 Å². The van der Waals surface area contributed by atoms with Crippen LogP contribution in [0.25, 0.3) is 0 Å². The summed E-state index contributed by atoms with van der Waals surface area (Å²) in [5, 5.41) is 13.5. The third-order valence-electron chi connectivity index (χ3n) is 2.84. The quantitative estimate of drug-likeness (QED) is 0.519. The SMILES string of the molecule is CC(C)(C)OC(=O)c1ccc(Nc2ncccc2[N+](=O)[O-])c(F)c1. The number of hydrogen-bond donors (Lipinski definition) is 1. The Kier molecular flexibility index (Phi) is 4.77. The highest BCUT2D eigenvalue weighted by molar-refractivity contribution is 5.90. The fourth-order valence-electron chi connectivity index (χ4n) is 1.85. The summed E-state index contributed by atoms with van der Waals surface area (Å²) in [6, 6.07) is 6.33. The lowest BCUT2D eigenvalue weighted by Gasteiger charge is -2.19. The number of nitrogens with one attached hydrogen (secondary N) is 1. The number of aromatic nitrogens is 1. The van der Waals surface area contributed by atoms with Gasteiger partial charge in [-0.2, -0.15) is 0 Å². The van der Waals surface area contributed by atoms with Gasteiger partial charge in [0.05, 0.1) is 16.2 Å². The van der Waals surface area contributed by atoms with E-state index in [4.69, 9.17) is 4.74 Å². The van der Waals surface area contributed by atoms with Gasteiger partial charge in [-0.1, -0.05) is 0 Å².